The molecular formula is C21H31N5O2S. The number of amides is 1. The maximum Gasteiger partial charge on any atom is 0.412 e. The number of aryl methyl sites for hydroxylation is 1. The summed E-state index contributed by atoms with van der Waals surface area (Å²) in [6.45, 7) is 9.13. The molecule has 2 aromatic rings. The van der Waals surface area contributed by atoms with E-state index in [9.17, 15) is 4.79 Å². The number of thiazole rings is 1. The van der Waals surface area contributed by atoms with Crippen molar-refractivity contribution in [3.63, 3.8) is 0 Å². The predicted octanol–water partition coefficient (Wildman–Crippen LogP) is 3.75. The number of anilines is 1. The Labute approximate surface area is 177 Å². The molecule has 0 unspecified atom stereocenters. The summed E-state index contributed by atoms with van der Waals surface area (Å²) in [5.41, 5.74) is 1.37. The molecule has 0 radical (unpaired) electrons. The second-order valence-corrected chi connectivity index (χ2v) is 8.93. The summed E-state index contributed by atoms with van der Waals surface area (Å²) in [4.78, 5) is 21.6. The molecule has 1 heterocycles. The molecule has 0 bridgehead atoms. The predicted molar refractivity (Wildman–Crippen MR) is 120 cm³/mol. The van der Waals surface area contributed by atoms with Crippen molar-refractivity contribution in [3.05, 3.63) is 45.9 Å². The van der Waals surface area contributed by atoms with E-state index in [2.05, 4.69) is 32.9 Å². The van der Waals surface area contributed by atoms with E-state index in [1.165, 1.54) is 10.4 Å². The lowest BCUT2D eigenvalue weighted by atomic mass is 10.1. The maximum atomic E-state index is 11.8. The Kier molecular flexibility index (Phi) is 8.45. The van der Waals surface area contributed by atoms with Gasteiger partial charge in [0.1, 0.15) is 5.60 Å². The zero-order chi connectivity index (χ0) is 21.3. The highest BCUT2D eigenvalue weighted by molar-refractivity contribution is 7.11. The van der Waals surface area contributed by atoms with Gasteiger partial charge in [0.05, 0.1) is 5.01 Å². The number of ether oxygens (including phenoxy) is 1. The number of nitrogens with one attached hydrogen (secondary N) is 3. The van der Waals surface area contributed by atoms with Crippen molar-refractivity contribution in [1.29, 1.82) is 0 Å². The lowest BCUT2D eigenvalue weighted by molar-refractivity contribution is 0.0636. The van der Waals surface area contributed by atoms with Gasteiger partial charge >= 0.3 is 6.09 Å². The third-order valence-corrected chi connectivity index (χ3v) is 4.80. The molecule has 0 saturated heterocycles. The fraction of sp³-hybridized carbons (Fsp3) is 0.476. The fourth-order valence-electron chi connectivity index (χ4n) is 2.53. The van der Waals surface area contributed by atoms with Gasteiger partial charge in [0.2, 0.25) is 0 Å². The molecule has 29 heavy (non-hydrogen) atoms. The molecule has 0 atom stereocenters. The Hall–Kier alpha value is -2.61. The van der Waals surface area contributed by atoms with E-state index in [1.54, 1.807) is 18.4 Å². The van der Waals surface area contributed by atoms with Crippen molar-refractivity contribution in [2.24, 2.45) is 4.99 Å². The quantitative estimate of drug-likeness (QED) is 0.472. The van der Waals surface area contributed by atoms with Gasteiger partial charge in [-0.05, 0) is 51.8 Å². The molecule has 1 aromatic heterocycles. The normalized spacial score (nSPS) is 11.8. The van der Waals surface area contributed by atoms with Gasteiger partial charge in [-0.15, -0.1) is 11.3 Å². The third-order valence-electron chi connectivity index (χ3n) is 3.83. The number of hydrogen-bond acceptors (Lipinski definition) is 5. The van der Waals surface area contributed by atoms with Crippen LogP contribution in [-0.4, -0.2) is 42.8 Å². The summed E-state index contributed by atoms with van der Waals surface area (Å²) in [5.74, 6) is 0.779. The number of carbonyl (C=O) groups excluding carboxylic acids is 1. The zero-order valence-corrected chi connectivity index (χ0v) is 18.7. The molecule has 2 rings (SSSR count). The molecule has 0 spiro atoms. The van der Waals surface area contributed by atoms with Crippen molar-refractivity contribution in [2.75, 3.05) is 25.5 Å². The molecule has 8 heteroatoms. The van der Waals surface area contributed by atoms with Gasteiger partial charge in [0.25, 0.3) is 0 Å². The van der Waals surface area contributed by atoms with E-state index in [0.29, 0.717) is 5.69 Å². The van der Waals surface area contributed by atoms with E-state index in [-0.39, 0.29) is 0 Å². The fourth-order valence-corrected chi connectivity index (χ4v) is 3.31. The summed E-state index contributed by atoms with van der Waals surface area (Å²) >= 11 is 1.72. The van der Waals surface area contributed by atoms with Gasteiger partial charge in [0, 0.05) is 43.3 Å². The SMILES string of the molecule is CN=C(NCCc1ccc(NC(=O)OC(C)(C)C)cc1)NCCc1ncc(C)s1. The summed E-state index contributed by atoms with van der Waals surface area (Å²) < 4.78 is 5.25. The average molecular weight is 418 g/mol. The number of nitrogens with zero attached hydrogens (tertiary/aromatic N) is 2. The van der Waals surface area contributed by atoms with Crippen LogP contribution in [0, 0.1) is 6.92 Å². The number of aromatic nitrogens is 1. The lowest BCUT2D eigenvalue weighted by Crippen LogP contribution is -2.39. The zero-order valence-electron chi connectivity index (χ0n) is 17.8. The summed E-state index contributed by atoms with van der Waals surface area (Å²) in [5, 5.41) is 10.5. The number of guanidine groups is 1. The number of carbonyl (C=O) groups is 1. The topological polar surface area (TPSA) is 87.6 Å². The third kappa shape index (κ3) is 8.95. The van der Waals surface area contributed by atoms with Gasteiger partial charge in [-0.3, -0.25) is 10.3 Å². The minimum Gasteiger partial charge on any atom is -0.444 e. The van der Waals surface area contributed by atoms with Gasteiger partial charge in [-0.25, -0.2) is 9.78 Å². The molecule has 7 nitrogen and oxygen atoms in total. The Morgan fingerprint density at radius 2 is 1.79 bits per heavy atom. The van der Waals surface area contributed by atoms with E-state index in [0.717, 1.165) is 36.9 Å². The van der Waals surface area contributed by atoms with Crippen LogP contribution in [0.1, 0.15) is 36.2 Å². The highest BCUT2D eigenvalue weighted by Gasteiger charge is 2.16. The van der Waals surface area contributed by atoms with Gasteiger partial charge in [-0.2, -0.15) is 0 Å². The van der Waals surface area contributed by atoms with Crippen LogP contribution in [-0.2, 0) is 17.6 Å². The van der Waals surface area contributed by atoms with Crippen LogP contribution in [0.5, 0.6) is 0 Å². The monoisotopic (exact) mass is 417 g/mol. The smallest absolute Gasteiger partial charge is 0.412 e. The second kappa shape index (κ2) is 10.8. The maximum absolute atomic E-state index is 11.8. The molecule has 1 aromatic carbocycles. The van der Waals surface area contributed by atoms with Crippen molar-refractivity contribution < 1.29 is 9.53 Å². The Bertz CT molecular complexity index is 809. The van der Waals surface area contributed by atoms with Crippen molar-refractivity contribution in [3.8, 4) is 0 Å². The number of hydrogen-bond donors (Lipinski definition) is 3. The van der Waals surface area contributed by atoms with Crippen molar-refractivity contribution in [2.45, 2.75) is 46.1 Å². The van der Waals surface area contributed by atoms with Crippen molar-refractivity contribution >= 4 is 29.1 Å². The molecular weight excluding hydrogens is 386 g/mol. The summed E-state index contributed by atoms with van der Waals surface area (Å²) in [6.07, 6.45) is 3.18. The molecule has 158 valence electrons. The molecule has 0 aliphatic rings. The Morgan fingerprint density at radius 1 is 1.14 bits per heavy atom. The molecule has 0 aliphatic carbocycles. The van der Waals surface area contributed by atoms with Gasteiger partial charge in [-0.1, -0.05) is 12.1 Å². The molecule has 0 fully saturated rings. The molecule has 1 amide bonds. The standard InChI is InChI=1S/C21H31N5O2S/c1-15-14-25-18(29-15)11-13-24-19(22-5)23-12-10-16-6-8-17(9-7-16)26-20(27)28-21(2,3)4/h6-9,14H,10-13H2,1-5H3,(H,26,27)(H2,22,23,24). The first-order valence-electron chi connectivity index (χ1n) is 9.70. The van der Waals surface area contributed by atoms with Gasteiger partial charge < -0.3 is 15.4 Å². The minimum atomic E-state index is -0.512. The first-order chi connectivity index (χ1) is 13.7. The van der Waals surface area contributed by atoms with Crippen LogP contribution in [0.25, 0.3) is 0 Å². The number of aliphatic imine (C=N–C) groups is 1. The summed E-state index contributed by atoms with van der Waals surface area (Å²) in [6, 6.07) is 7.75. The lowest BCUT2D eigenvalue weighted by Gasteiger charge is -2.19. The largest absolute Gasteiger partial charge is 0.444 e. The summed E-state index contributed by atoms with van der Waals surface area (Å²) in [7, 11) is 1.76. The number of rotatable bonds is 7. The van der Waals surface area contributed by atoms with Crippen LogP contribution in [0.2, 0.25) is 0 Å². The van der Waals surface area contributed by atoms with E-state index in [1.807, 2.05) is 51.2 Å². The highest BCUT2D eigenvalue weighted by atomic mass is 32.1. The molecule has 0 aliphatic heterocycles. The van der Waals surface area contributed by atoms with Crippen molar-refractivity contribution in [1.82, 2.24) is 15.6 Å². The Morgan fingerprint density at radius 3 is 2.34 bits per heavy atom. The Balaban J connectivity index is 1.69. The number of benzene rings is 1. The minimum absolute atomic E-state index is 0.449. The van der Waals surface area contributed by atoms with Crippen LogP contribution < -0.4 is 16.0 Å². The van der Waals surface area contributed by atoms with Gasteiger partial charge in [0.15, 0.2) is 5.96 Å². The second-order valence-electron chi connectivity index (χ2n) is 7.61. The van der Waals surface area contributed by atoms with E-state index in [4.69, 9.17) is 4.74 Å². The van der Waals surface area contributed by atoms with Crippen LogP contribution in [0.4, 0.5) is 10.5 Å². The average Bonchev–Trinajstić information content (AvgIpc) is 3.05. The van der Waals surface area contributed by atoms with Crippen LogP contribution >= 0.6 is 11.3 Å². The molecule has 0 saturated carbocycles. The first-order valence-corrected chi connectivity index (χ1v) is 10.5. The van der Waals surface area contributed by atoms with E-state index < -0.39 is 11.7 Å². The van der Waals surface area contributed by atoms with E-state index >= 15 is 0 Å². The molecule has 3 N–H and O–H groups in total. The van der Waals surface area contributed by atoms with Crippen LogP contribution in [0.3, 0.4) is 0 Å². The highest BCUT2D eigenvalue weighted by Crippen LogP contribution is 2.13. The van der Waals surface area contributed by atoms with Crippen LogP contribution in [0.15, 0.2) is 35.5 Å². The first kappa shape index (κ1) is 22.7.